The van der Waals surface area contributed by atoms with Crippen LogP contribution in [-0.2, 0) is 16.9 Å². The largest absolute Gasteiger partial charge is 0.394 e. The summed E-state index contributed by atoms with van der Waals surface area (Å²) < 4.78 is 34.0. The van der Waals surface area contributed by atoms with E-state index in [0.29, 0.717) is 0 Å². The normalized spacial score (nSPS) is 14.4. The van der Waals surface area contributed by atoms with Crippen molar-refractivity contribution in [3.8, 4) is 0 Å². The molecule has 2 heterocycles. The molecule has 25 heavy (non-hydrogen) atoms. The lowest BCUT2D eigenvalue weighted by Gasteiger charge is -2.31. The molecule has 0 unspecified atom stereocenters. The average Bonchev–Trinajstić information content (AvgIpc) is 2.94. The molecule has 0 radical (unpaired) electrons. The third kappa shape index (κ3) is 5.67. The van der Waals surface area contributed by atoms with Crippen molar-refractivity contribution in [2.75, 3.05) is 37.6 Å². The van der Waals surface area contributed by atoms with Crippen molar-refractivity contribution in [1.29, 1.82) is 0 Å². The van der Waals surface area contributed by atoms with Crippen LogP contribution in [0, 0.1) is 0 Å². The Hall–Kier alpha value is -1.68. The molecule has 140 valence electrons. The molecule has 9 heteroatoms. The van der Waals surface area contributed by atoms with Gasteiger partial charge in [-0.25, -0.2) is 4.98 Å². The Morgan fingerprint density at radius 3 is 2.44 bits per heavy atom. The van der Waals surface area contributed by atoms with Crippen LogP contribution in [0.3, 0.4) is 0 Å². The molecule has 1 aliphatic rings. The van der Waals surface area contributed by atoms with E-state index in [0.717, 1.165) is 50.7 Å². The minimum Gasteiger partial charge on any atom is -0.341 e. The number of aryl methyl sites for hydroxylation is 1. The summed E-state index contributed by atoms with van der Waals surface area (Å²) in [6.07, 6.45) is 1.21. The molecule has 8 nitrogen and oxygen atoms in total. The second-order valence-corrected chi connectivity index (χ2v) is 6.76. The van der Waals surface area contributed by atoms with Crippen LogP contribution < -0.4 is 4.90 Å². The first-order chi connectivity index (χ1) is 11.8. The first kappa shape index (κ1) is 19.6. The Morgan fingerprint density at radius 2 is 1.80 bits per heavy atom. The molecule has 0 fully saturated rings. The van der Waals surface area contributed by atoms with Crippen molar-refractivity contribution in [2.45, 2.75) is 26.8 Å². The van der Waals surface area contributed by atoms with E-state index in [4.69, 9.17) is 22.5 Å². The summed E-state index contributed by atoms with van der Waals surface area (Å²) in [4.78, 5) is 9.75. The summed E-state index contributed by atoms with van der Waals surface area (Å²) in [6.45, 7) is 11.1. The highest BCUT2D eigenvalue weighted by Gasteiger charge is 2.21. The van der Waals surface area contributed by atoms with Gasteiger partial charge in [0.2, 0.25) is 5.95 Å². The summed E-state index contributed by atoms with van der Waals surface area (Å²) in [5.41, 5.74) is 2.40. The Balaban J connectivity index is 0.000000399. The zero-order valence-corrected chi connectivity index (χ0v) is 15.5. The molecule has 0 atom stereocenters. The number of hydrogen-bond acceptors (Lipinski definition) is 5. The van der Waals surface area contributed by atoms with Crippen molar-refractivity contribution >= 4 is 27.4 Å². The van der Waals surface area contributed by atoms with Crippen LogP contribution in [0.2, 0.25) is 0 Å². The number of likely N-dealkylation sites (N-methyl/N-ethyl adjacent to an activating group) is 1. The van der Waals surface area contributed by atoms with Gasteiger partial charge in [0.15, 0.2) is 0 Å². The smallest absolute Gasteiger partial charge is 0.341 e. The second-order valence-electron chi connectivity index (χ2n) is 5.87. The minimum absolute atomic E-state index is 1.07. The fourth-order valence-corrected chi connectivity index (χ4v) is 3.06. The molecule has 1 aromatic carbocycles. The van der Waals surface area contributed by atoms with Crippen LogP contribution in [0.25, 0.3) is 11.0 Å². The molecule has 1 aliphatic heterocycles. The molecule has 0 bridgehead atoms. The van der Waals surface area contributed by atoms with Gasteiger partial charge in [0, 0.05) is 26.2 Å². The Labute approximate surface area is 148 Å². The lowest BCUT2D eigenvalue weighted by Crippen LogP contribution is -2.39. The van der Waals surface area contributed by atoms with Gasteiger partial charge >= 0.3 is 10.4 Å². The maximum Gasteiger partial charge on any atom is 0.394 e. The second kappa shape index (κ2) is 8.61. The first-order valence-electron chi connectivity index (χ1n) is 8.46. The minimum atomic E-state index is -4.67. The van der Waals surface area contributed by atoms with Crippen molar-refractivity contribution in [1.82, 2.24) is 14.5 Å². The summed E-state index contributed by atoms with van der Waals surface area (Å²) in [6, 6.07) is 8.47. The molecule has 0 saturated carbocycles. The molecular weight excluding hydrogens is 344 g/mol. The number of para-hydroxylation sites is 2. The van der Waals surface area contributed by atoms with Gasteiger partial charge in [-0.3, -0.25) is 9.11 Å². The van der Waals surface area contributed by atoms with E-state index in [9.17, 15) is 0 Å². The number of aromatic nitrogens is 2. The van der Waals surface area contributed by atoms with Crippen molar-refractivity contribution in [3.05, 3.63) is 24.3 Å². The lowest BCUT2D eigenvalue weighted by atomic mass is 10.3. The molecule has 0 saturated heterocycles. The zero-order valence-electron chi connectivity index (χ0n) is 14.7. The van der Waals surface area contributed by atoms with Crippen LogP contribution in [0.15, 0.2) is 24.3 Å². The maximum atomic E-state index is 8.74. The van der Waals surface area contributed by atoms with Crippen LogP contribution in [-0.4, -0.2) is 64.7 Å². The summed E-state index contributed by atoms with van der Waals surface area (Å²) in [5.74, 6) is 1.16. The Morgan fingerprint density at radius 1 is 1.16 bits per heavy atom. The molecule has 2 aromatic rings. The van der Waals surface area contributed by atoms with Gasteiger partial charge < -0.3 is 14.4 Å². The number of rotatable bonds is 5. The van der Waals surface area contributed by atoms with Gasteiger partial charge in [0.05, 0.1) is 11.0 Å². The molecule has 0 aliphatic carbocycles. The number of nitrogens with zero attached hydrogens (tertiary/aromatic N) is 4. The van der Waals surface area contributed by atoms with Gasteiger partial charge in [0.1, 0.15) is 0 Å². The summed E-state index contributed by atoms with van der Waals surface area (Å²) >= 11 is 0. The summed E-state index contributed by atoms with van der Waals surface area (Å²) in [5, 5.41) is 0. The Kier molecular flexibility index (Phi) is 6.77. The van der Waals surface area contributed by atoms with Gasteiger partial charge in [0.25, 0.3) is 0 Å². The fourth-order valence-electron chi connectivity index (χ4n) is 3.06. The third-order valence-electron chi connectivity index (χ3n) is 4.31. The van der Waals surface area contributed by atoms with Crippen LogP contribution in [0.4, 0.5) is 5.95 Å². The van der Waals surface area contributed by atoms with E-state index >= 15 is 0 Å². The van der Waals surface area contributed by atoms with Gasteiger partial charge in [-0.2, -0.15) is 8.42 Å². The monoisotopic (exact) mass is 370 g/mol. The quantitative estimate of drug-likeness (QED) is 0.776. The Bertz CT molecular complexity index is 779. The third-order valence-corrected chi connectivity index (χ3v) is 4.31. The standard InChI is InChI=1S/C16H24N4.H2O4S/c1-3-18(4-2)12-13-19-10-7-11-20-15-9-6-5-8-14(15)17-16(19)20;1-5(2,3)4/h5-6,8-9H,3-4,7,10-13H2,1-2H3;(H2,1,2,3,4). The highest BCUT2D eigenvalue weighted by Crippen LogP contribution is 2.26. The van der Waals surface area contributed by atoms with Crippen molar-refractivity contribution < 1.29 is 17.5 Å². The van der Waals surface area contributed by atoms with Crippen molar-refractivity contribution in [3.63, 3.8) is 0 Å². The number of hydrogen-bond donors (Lipinski definition) is 2. The predicted molar refractivity (Wildman–Crippen MR) is 98.5 cm³/mol. The molecule has 0 spiro atoms. The number of benzene rings is 1. The highest BCUT2D eigenvalue weighted by molar-refractivity contribution is 7.79. The zero-order chi connectivity index (χ0) is 18.4. The van der Waals surface area contributed by atoms with Gasteiger partial charge in [-0.1, -0.05) is 26.0 Å². The average molecular weight is 370 g/mol. The van der Waals surface area contributed by atoms with Gasteiger partial charge in [-0.05, 0) is 31.6 Å². The summed E-state index contributed by atoms with van der Waals surface area (Å²) in [7, 11) is -4.67. The van der Waals surface area contributed by atoms with E-state index < -0.39 is 10.4 Å². The van der Waals surface area contributed by atoms with E-state index in [-0.39, 0.29) is 0 Å². The lowest BCUT2D eigenvalue weighted by molar-refractivity contribution is 0.307. The maximum absolute atomic E-state index is 8.74. The topological polar surface area (TPSA) is 98.9 Å². The highest BCUT2D eigenvalue weighted by atomic mass is 32.3. The molecule has 1 aromatic heterocycles. The molecular formula is C16H26N4O4S. The van der Waals surface area contributed by atoms with Crippen molar-refractivity contribution in [2.24, 2.45) is 0 Å². The molecule has 3 rings (SSSR count). The molecule has 0 amide bonds. The first-order valence-corrected chi connectivity index (χ1v) is 9.85. The predicted octanol–water partition coefficient (Wildman–Crippen LogP) is 1.94. The number of anilines is 1. The molecule has 2 N–H and O–H groups in total. The van der Waals surface area contributed by atoms with Gasteiger partial charge in [-0.15, -0.1) is 0 Å². The van der Waals surface area contributed by atoms with E-state index in [1.165, 1.54) is 11.9 Å². The SMILES string of the molecule is CCN(CC)CCN1CCCn2c1nc1ccccc12.O=S(=O)(O)O. The van der Waals surface area contributed by atoms with E-state index in [2.05, 4.69) is 52.5 Å². The number of fused-ring (bicyclic) bond motifs is 3. The van der Waals surface area contributed by atoms with Crippen LogP contribution >= 0.6 is 0 Å². The number of imidazole rings is 1. The van der Waals surface area contributed by atoms with Crippen LogP contribution in [0.1, 0.15) is 20.3 Å². The van der Waals surface area contributed by atoms with E-state index in [1.807, 2.05) is 0 Å². The fraction of sp³-hybridized carbons (Fsp3) is 0.562. The van der Waals surface area contributed by atoms with Crippen LogP contribution in [0.5, 0.6) is 0 Å². The van der Waals surface area contributed by atoms with E-state index in [1.54, 1.807) is 0 Å².